The van der Waals surface area contributed by atoms with Gasteiger partial charge in [-0.3, -0.25) is 14.2 Å². The molecule has 0 saturated heterocycles. The van der Waals surface area contributed by atoms with Gasteiger partial charge in [-0.1, -0.05) is 30.7 Å². The molecular weight excluding hydrogens is 430 g/mol. The molecule has 1 N–H and O–H groups in total. The fraction of sp³-hybridized carbons (Fsp3) is 0.407. The van der Waals surface area contributed by atoms with Gasteiger partial charge in [0.2, 0.25) is 0 Å². The van der Waals surface area contributed by atoms with E-state index in [-0.39, 0.29) is 23.1 Å². The van der Waals surface area contributed by atoms with Crippen molar-refractivity contribution in [1.82, 2.24) is 14.9 Å². The Morgan fingerprint density at radius 3 is 2.82 bits per heavy atom. The number of nitrogens with one attached hydrogen (secondary N) is 1. The van der Waals surface area contributed by atoms with E-state index in [1.54, 1.807) is 29.7 Å². The Bertz CT molecular complexity index is 1310. The van der Waals surface area contributed by atoms with E-state index in [2.05, 4.69) is 16.4 Å². The predicted octanol–water partition coefficient (Wildman–Crippen LogP) is 3.86. The third-order valence-electron chi connectivity index (χ3n) is 6.89. The average Bonchev–Trinajstić information content (AvgIpc) is 3.09. The molecule has 7 nitrogen and oxygen atoms in total. The van der Waals surface area contributed by atoms with Gasteiger partial charge in [0.05, 0.1) is 22.5 Å². The number of aromatic nitrogens is 2. The molecule has 0 bridgehead atoms. The molecule has 2 aliphatic rings. The number of esters is 1. The Balaban J connectivity index is 1.30. The number of amides is 1. The Morgan fingerprint density at radius 2 is 1.94 bits per heavy atom. The first kappa shape index (κ1) is 22.3. The van der Waals surface area contributed by atoms with Gasteiger partial charge >= 0.3 is 5.97 Å². The number of hydrogen-bond acceptors (Lipinski definition) is 5. The maximum absolute atomic E-state index is 12.9. The van der Waals surface area contributed by atoms with E-state index in [0.717, 1.165) is 56.3 Å². The van der Waals surface area contributed by atoms with E-state index in [1.807, 2.05) is 18.2 Å². The lowest BCUT2D eigenvalue weighted by Crippen LogP contribution is -2.39. The number of carbonyl (C=O) groups is 2. The van der Waals surface area contributed by atoms with Crippen molar-refractivity contribution in [2.75, 3.05) is 0 Å². The lowest BCUT2D eigenvalue weighted by Gasteiger charge is -2.27. The molecule has 5 rings (SSSR count). The van der Waals surface area contributed by atoms with Crippen molar-refractivity contribution in [3.8, 4) is 0 Å². The number of benzene rings is 2. The summed E-state index contributed by atoms with van der Waals surface area (Å²) in [6.45, 7) is 2.26. The molecule has 176 valence electrons. The quantitative estimate of drug-likeness (QED) is 0.599. The van der Waals surface area contributed by atoms with Gasteiger partial charge < -0.3 is 10.1 Å². The van der Waals surface area contributed by atoms with Crippen molar-refractivity contribution in [3.05, 3.63) is 75.3 Å². The van der Waals surface area contributed by atoms with Crippen LogP contribution in [-0.4, -0.2) is 27.5 Å². The third kappa shape index (κ3) is 4.34. The molecule has 1 aromatic heterocycles. The van der Waals surface area contributed by atoms with Crippen LogP contribution in [0.5, 0.6) is 0 Å². The minimum atomic E-state index is -0.942. The fourth-order valence-corrected chi connectivity index (χ4v) is 5.02. The first-order valence-electron chi connectivity index (χ1n) is 12.1. The second-order valence-electron chi connectivity index (χ2n) is 9.23. The third-order valence-corrected chi connectivity index (χ3v) is 6.89. The van der Waals surface area contributed by atoms with Crippen LogP contribution in [0.1, 0.15) is 72.4 Å². The normalized spacial score (nSPS) is 18.3. The van der Waals surface area contributed by atoms with Gasteiger partial charge in [0.25, 0.3) is 11.5 Å². The van der Waals surface area contributed by atoms with Crippen molar-refractivity contribution in [2.45, 2.75) is 70.6 Å². The van der Waals surface area contributed by atoms with Crippen LogP contribution >= 0.6 is 0 Å². The molecule has 3 aromatic rings. The lowest BCUT2D eigenvalue weighted by atomic mass is 9.87. The van der Waals surface area contributed by atoms with Crippen LogP contribution in [0.25, 0.3) is 10.9 Å². The van der Waals surface area contributed by atoms with Gasteiger partial charge in [0.1, 0.15) is 5.82 Å². The number of aryl methyl sites for hydroxylation is 2. The van der Waals surface area contributed by atoms with Gasteiger partial charge in [-0.05, 0) is 68.4 Å². The smallest absolute Gasteiger partial charge is 0.338 e. The maximum atomic E-state index is 12.9. The summed E-state index contributed by atoms with van der Waals surface area (Å²) in [5.74, 6) is -0.163. The molecule has 0 saturated carbocycles. The van der Waals surface area contributed by atoms with E-state index in [4.69, 9.17) is 4.74 Å². The standard InChI is InChI=1S/C27H29N3O4/c1-17(25(31)29-22-11-7-9-18-8-4-5-10-20(18)22)34-27(33)19-13-14-21-23(16-19)28-24-12-3-2-6-15-30(24)26(21)32/h4-5,8,10,13-14,16-17,22H,2-3,6-7,9,11-12,15H2,1H3,(H,29,31). The number of carbonyl (C=O) groups excluding carboxylic acids is 2. The van der Waals surface area contributed by atoms with Crippen molar-refractivity contribution in [2.24, 2.45) is 0 Å². The second kappa shape index (κ2) is 9.41. The highest BCUT2D eigenvalue weighted by Crippen LogP contribution is 2.29. The van der Waals surface area contributed by atoms with Crippen LogP contribution in [-0.2, 0) is 28.9 Å². The number of nitrogens with zero attached hydrogens (tertiary/aromatic N) is 2. The van der Waals surface area contributed by atoms with E-state index in [1.165, 1.54) is 5.56 Å². The van der Waals surface area contributed by atoms with Crippen molar-refractivity contribution in [1.29, 1.82) is 0 Å². The van der Waals surface area contributed by atoms with Crippen LogP contribution in [0.15, 0.2) is 47.3 Å². The second-order valence-corrected chi connectivity index (χ2v) is 9.23. The molecule has 1 aliphatic heterocycles. The summed E-state index contributed by atoms with van der Waals surface area (Å²) in [5, 5.41) is 3.53. The summed E-state index contributed by atoms with van der Waals surface area (Å²) in [5.41, 5.74) is 3.08. The molecule has 2 aromatic carbocycles. The molecule has 0 fully saturated rings. The average molecular weight is 460 g/mol. The predicted molar refractivity (Wildman–Crippen MR) is 129 cm³/mol. The minimum absolute atomic E-state index is 0.0673. The van der Waals surface area contributed by atoms with E-state index < -0.39 is 12.1 Å². The molecule has 7 heteroatoms. The van der Waals surface area contributed by atoms with Gasteiger partial charge in [-0.15, -0.1) is 0 Å². The first-order valence-corrected chi connectivity index (χ1v) is 12.1. The Hall–Kier alpha value is -3.48. The van der Waals surface area contributed by atoms with Gasteiger partial charge in [-0.2, -0.15) is 0 Å². The number of ether oxygens (including phenoxy) is 1. The molecule has 1 amide bonds. The fourth-order valence-electron chi connectivity index (χ4n) is 5.02. The van der Waals surface area contributed by atoms with Gasteiger partial charge in [0.15, 0.2) is 6.10 Å². The van der Waals surface area contributed by atoms with Crippen LogP contribution in [0.2, 0.25) is 0 Å². The van der Waals surface area contributed by atoms with Crippen LogP contribution in [0.4, 0.5) is 0 Å². The van der Waals surface area contributed by atoms with Crippen LogP contribution in [0.3, 0.4) is 0 Å². The largest absolute Gasteiger partial charge is 0.449 e. The summed E-state index contributed by atoms with van der Waals surface area (Å²) in [4.78, 5) is 43.2. The highest BCUT2D eigenvalue weighted by molar-refractivity contribution is 5.95. The van der Waals surface area contributed by atoms with Crippen LogP contribution < -0.4 is 10.9 Å². The Labute approximate surface area is 198 Å². The van der Waals surface area contributed by atoms with Gasteiger partial charge in [-0.25, -0.2) is 9.78 Å². The molecule has 0 radical (unpaired) electrons. The molecule has 2 atom stereocenters. The van der Waals surface area contributed by atoms with Crippen molar-refractivity contribution in [3.63, 3.8) is 0 Å². The topological polar surface area (TPSA) is 90.3 Å². The number of hydrogen-bond donors (Lipinski definition) is 1. The van der Waals surface area contributed by atoms with E-state index >= 15 is 0 Å². The highest BCUT2D eigenvalue weighted by Gasteiger charge is 2.26. The molecule has 2 heterocycles. The summed E-state index contributed by atoms with van der Waals surface area (Å²) >= 11 is 0. The molecular formula is C27H29N3O4. The SMILES string of the molecule is CC(OC(=O)c1ccc2c(=O)n3c(nc2c1)CCCCC3)C(=O)NC1CCCc2ccccc21. The van der Waals surface area contributed by atoms with Crippen LogP contribution in [0, 0.1) is 0 Å². The summed E-state index contributed by atoms with van der Waals surface area (Å²) < 4.78 is 7.23. The molecule has 1 aliphatic carbocycles. The number of fused-ring (bicyclic) bond motifs is 3. The summed E-state index contributed by atoms with van der Waals surface area (Å²) in [6, 6.07) is 12.8. The maximum Gasteiger partial charge on any atom is 0.338 e. The lowest BCUT2D eigenvalue weighted by molar-refractivity contribution is -0.130. The molecule has 34 heavy (non-hydrogen) atoms. The zero-order valence-corrected chi connectivity index (χ0v) is 19.4. The monoisotopic (exact) mass is 459 g/mol. The van der Waals surface area contributed by atoms with E-state index in [0.29, 0.717) is 17.4 Å². The van der Waals surface area contributed by atoms with Crippen molar-refractivity contribution < 1.29 is 14.3 Å². The van der Waals surface area contributed by atoms with Gasteiger partial charge in [0, 0.05) is 13.0 Å². The number of rotatable bonds is 4. The van der Waals surface area contributed by atoms with E-state index in [9.17, 15) is 14.4 Å². The Kier molecular flexibility index (Phi) is 6.18. The summed E-state index contributed by atoms with van der Waals surface area (Å²) in [7, 11) is 0. The minimum Gasteiger partial charge on any atom is -0.449 e. The summed E-state index contributed by atoms with van der Waals surface area (Å²) in [6.07, 6.45) is 5.72. The zero-order chi connectivity index (χ0) is 23.7. The first-order chi connectivity index (χ1) is 16.5. The highest BCUT2D eigenvalue weighted by atomic mass is 16.5. The zero-order valence-electron chi connectivity index (χ0n) is 19.4. The van der Waals surface area contributed by atoms with Crippen molar-refractivity contribution >= 4 is 22.8 Å². The Morgan fingerprint density at radius 1 is 1.09 bits per heavy atom. The molecule has 0 spiro atoms. The molecule has 2 unspecified atom stereocenters.